The zero-order valence-corrected chi connectivity index (χ0v) is 36.5. The first-order chi connectivity index (χ1) is 30.9. The smallest absolute Gasteiger partial charge is 0.113 e. The van der Waals surface area contributed by atoms with E-state index < -0.39 is 8.07 Å². The molecule has 0 spiro atoms. The van der Waals surface area contributed by atoms with Gasteiger partial charge < -0.3 is 0 Å². The molecule has 0 unspecified atom stereocenters. The molecule has 0 atom stereocenters. The molecule has 1 nitrogen and oxygen atoms in total. The number of benzene rings is 9. The molecule has 0 amide bonds. The Bertz CT molecular complexity index is 3190. The highest BCUT2D eigenvalue weighted by Gasteiger charge is 2.37. The van der Waals surface area contributed by atoms with Gasteiger partial charge in [0.05, 0.1) is 11.4 Å². The van der Waals surface area contributed by atoms with Crippen molar-refractivity contribution in [3.8, 4) is 100 Å². The van der Waals surface area contributed by atoms with Gasteiger partial charge in [0, 0.05) is 11.1 Å². The number of aromatic nitrogens is 1. The van der Waals surface area contributed by atoms with Crippen molar-refractivity contribution in [1.82, 2.24) is 4.98 Å². The maximum Gasteiger partial charge on any atom is 0.113 e. The highest BCUT2D eigenvalue weighted by molar-refractivity contribution is 7.03. The third-order valence-corrected chi connectivity index (χ3v) is 16.4. The van der Waals surface area contributed by atoms with Crippen LogP contribution in [0.4, 0.5) is 0 Å². The lowest BCUT2D eigenvalue weighted by Crippen LogP contribution is -2.49. The molecule has 1 aliphatic heterocycles. The van der Waals surface area contributed by atoms with Crippen molar-refractivity contribution in [3.63, 3.8) is 0 Å². The molecule has 0 saturated heterocycles. The van der Waals surface area contributed by atoms with E-state index in [0.717, 1.165) is 33.6 Å². The summed E-state index contributed by atoms with van der Waals surface area (Å²) >= 11 is 0. The second-order valence-corrected chi connectivity index (χ2v) is 21.5. The van der Waals surface area contributed by atoms with Gasteiger partial charge in [-0.15, -0.1) is 0 Å². The van der Waals surface area contributed by atoms with Crippen molar-refractivity contribution in [2.75, 3.05) is 0 Å². The third kappa shape index (κ3) is 7.35. The fraction of sp³-hybridized carbons (Fsp3) is 0.0328. The minimum absolute atomic E-state index is 0.941. The van der Waals surface area contributed by atoms with Gasteiger partial charge in [0.1, 0.15) is 8.07 Å². The predicted octanol–water partition coefficient (Wildman–Crippen LogP) is 15.2. The van der Waals surface area contributed by atoms with Crippen LogP contribution < -0.4 is 10.4 Å². The maximum atomic E-state index is 5.34. The number of hydrogen-bond acceptors (Lipinski definition) is 1. The molecular formula is C61H45NSi. The Labute approximate surface area is 371 Å². The van der Waals surface area contributed by atoms with Gasteiger partial charge in [0.25, 0.3) is 0 Å². The minimum atomic E-state index is -1.69. The summed E-state index contributed by atoms with van der Waals surface area (Å²) in [5.41, 5.74) is 21.2. The monoisotopic (exact) mass is 819 g/mol. The molecule has 0 bridgehead atoms. The van der Waals surface area contributed by atoms with E-state index >= 15 is 0 Å². The standard InChI is InChI=1S/C61H45NSi/c1-63(2)60-28-10-9-27-56(60)57-39-53(33-34-61(57)63)51-24-13-23-50(37-51)49-22-11-20-47(35-49)44-29-31-45(32-30-44)58-40-55(52-25-12-19-46(36-52)42-15-5-3-6-16-42)41-59(62-58)54-26-14-21-48(38-54)43-17-7-4-8-18-43/h3-41H,1-2H3. The molecule has 1 aromatic heterocycles. The van der Waals surface area contributed by atoms with Crippen LogP contribution in [0, 0.1) is 0 Å². The van der Waals surface area contributed by atoms with E-state index in [1.807, 2.05) is 0 Å². The molecule has 0 fully saturated rings. The summed E-state index contributed by atoms with van der Waals surface area (Å²) in [6, 6.07) is 86.2. The Morgan fingerprint density at radius 3 is 1.14 bits per heavy atom. The molecular weight excluding hydrogens is 775 g/mol. The van der Waals surface area contributed by atoms with Gasteiger partial charge in [-0.25, -0.2) is 4.98 Å². The van der Waals surface area contributed by atoms with E-state index in [9.17, 15) is 0 Å². The summed E-state index contributed by atoms with van der Waals surface area (Å²) in [4.78, 5) is 5.34. The molecule has 0 radical (unpaired) electrons. The van der Waals surface area contributed by atoms with Crippen LogP contribution >= 0.6 is 0 Å². The van der Waals surface area contributed by atoms with Crippen molar-refractivity contribution < 1.29 is 0 Å². The van der Waals surface area contributed by atoms with Crippen LogP contribution in [-0.2, 0) is 0 Å². The summed E-state index contributed by atoms with van der Waals surface area (Å²) < 4.78 is 0. The fourth-order valence-corrected chi connectivity index (χ4v) is 12.6. The predicted molar refractivity (Wildman–Crippen MR) is 270 cm³/mol. The van der Waals surface area contributed by atoms with Gasteiger partial charge in [0.15, 0.2) is 0 Å². The Balaban J connectivity index is 0.924. The lowest BCUT2D eigenvalue weighted by atomic mass is 9.94. The maximum absolute atomic E-state index is 5.34. The van der Waals surface area contributed by atoms with Crippen molar-refractivity contribution >= 4 is 18.4 Å². The molecule has 298 valence electrons. The van der Waals surface area contributed by atoms with E-state index in [0.29, 0.717) is 0 Å². The van der Waals surface area contributed by atoms with Gasteiger partial charge in [-0.3, -0.25) is 0 Å². The molecule has 63 heavy (non-hydrogen) atoms. The van der Waals surface area contributed by atoms with Crippen molar-refractivity contribution in [2.45, 2.75) is 13.1 Å². The largest absolute Gasteiger partial charge is 0.248 e. The average molecular weight is 820 g/mol. The average Bonchev–Trinajstić information content (AvgIpc) is 3.59. The van der Waals surface area contributed by atoms with Gasteiger partial charge >= 0.3 is 0 Å². The van der Waals surface area contributed by atoms with Crippen LogP contribution in [0.1, 0.15) is 0 Å². The van der Waals surface area contributed by atoms with Crippen LogP contribution in [0.25, 0.3) is 100 Å². The Morgan fingerprint density at radius 2 is 0.587 bits per heavy atom. The van der Waals surface area contributed by atoms with Crippen molar-refractivity contribution in [1.29, 1.82) is 0 Å². The summed E-state index contributed by atoms with van der Waals surface area (Å²) in [7, 11) is -1.69. The first kappa shape index (κ1) is 38.3. The molecule has 0 aliphatic carbocycles. The van der Waals surface area contributed by atoms with Gasteiger partial charge in [-0.05, 0) is 131 Å². The molecule has 9 aromatic carbocycles. The van der Waals surface area contributed by atoms with E-state index in [1.165, 1.54) is 71.9 Å². The molecule has 11 rings (SSSR count). The van der Waals surface area contributed by atoms with E-state index in [4.69, 9.17) is 4.98 Å². The molecule has 1 aliphatic rings. The van der Waals surface area contributed by atoms with Gasteiger partial charge in [-0.1, -0.05) is 207 Å². The molecule has 2 heterocycles. The molecule has 2 heteroatoms. The van der Waals surface area contributed by atoms with Crippen LogP contribution in [0.5, 0.6) is 0 Å². The quantitative estimate of drug-likeness (QED) is 0.139. The van der Waals surface area contributed by atoms with Crippen LogP contribution in [-0.4, -0.2) is 13.1 Å². The summed E-state index contributed by atoms with van der Waals surface area (Å²) in [5.74, 6) is 0. The number of rotatable bonds is 8. The van der Waals surface area contributed by atoms with E-state index in [1.54, 1.807) is 5.19 Å². The Hall–Kier alpha value is -7.65. The lowest BCUT2D eigenvalue weighted by molar-refractivity contribution is 1.32. The van der Waals surface area contributed by atoms with Crippen LogP contribution in [0.2, 0.25) is 13.1 Å². The first-order valence-corrected chi connectivity index (χ1v) is 24.8. The van der Waals surface area contributed by atoms with E-state index in [2.05, 4.69) is 250 Å². The highest BCUT2D eigenvalue weighted by atomic mass is 28.3. The topological polar surface area (TPSA) is 12.9 Å². The SMILES string of the molecule is C[Si]1(C)c2ccccc2-c2cc(-c3cccc(-c4cccc(-c5ccc(-c6cc(-c7cccc(-c8ccccc8)c7)cc(-c7cccc(-c8ccccc8)c7)n6)cc5)c4)c3)ccc21. The number of hydrogen-bond donors (Lipinski definition) is 0. The number of fused-ring (bicyclic) bond motifs is 3. The third-order valence-electron chi connectivity index (χ3n) is 12.9. The summed E-state index contributed by atoms with van der Waals surface area (Å²) in [6.45, 7) is 4.95. The highest BCUT2D eigenvalue weighted by Crippen LogP contribution is 2.37. The van der Waals surface area contributed by atoms with Crippen LogP contribution in [0.3, 0.4) is 0 Å². The van der Waals surface area contributed by atoms with Crippen LogP contribution in [0.15, 0.2) is 237 Å². The minimum Gasteiger partial charge on any atom is -0.248 e. The van der Waals surface area contributed by atoms with Crippen molar-refractivity contribution in [3.05, 3.63) is 237 Å². The number of pyridine rings is 1. The number of nitrogens with zero attached hydrogens (tertiary/aromatic N) is 1. The fourth-order valence-electron chi connectivity index (χ4n) is 9.48. The molecule has 10 aromatic rings. The summed E-state index contributed by atoms with van der Waals surface area (Å²) in [6.07, 6.45) is 0. The lowest BCUT2D eigenvalue weighted by Gasteiger charge is -2.18. The Morgan fingerprint density at radius 1 is 0.238 bits per heavy atom. The normalized spacial score (nSPS) is 12.4. The first-order valence-electron chi connectivity index (χ1n) is 21.8. The second kappa shape index (κ2) is 16.0. The van der Waals surface area contributed by atoms with Gasteiger partial charge in [-0.2, -0.15) is 0 Å². The van der Waals surface area contributed by atoms with E-state index in [-0.39, 0.29) is 0 Å². The zero-order chi connectivity index (χ0) is 42.3. The molecule has 0 N–H and O–H groups in total. The molecule has 0 saturated carbocycles. The van der Waals surface area contributed by atoms with Gasteiger partial charge in [0.2, 0.25) is 0 Å². The zero-order valence-electron chi connectivity index (χ0n) is 35.5. The summed E-state index contributed by atoms with van der Waals surface area (Å²) in [5, 5.41) is 3.08. The second-order valence-electron chi connectivity index (χ2n) is 17.2. The van der Waals surface area contributed by atoms with Crippen molar-refractivity contribution in [2.24, 2.45) is 0 Å². The Kier molecular flexibility index (Phi) is 9.72.